The third kappa shape index (κ3) is 1.27. The van der Waals surface area contributed by atoms with E-state index in [4.69, 9.17) is 0 Å². The molecule has 0 aliphatic heterocycles. The lowest BCUT2D eigenvalue weighted by molar-refractivity contribution is 0.472. The summed E-state index contributed by atoms with van der Waals surface area (Å²) in [5.41, 5.74) is -0.0805. The third-order valence-electron chi connectivity index (χ3n) is 1.30. The summed E-state index contributed by atoms with van der Waals surface area (Å²) in [4.78, 5) is 10.6. The summed E-state index contributed by atoms with van der Waals surface area (Å²) in [6.45, 7) is 0. The van der Waals surface area contributed by atoms with Crippen molar-refractivity contribution in [3.63, 3.8) is 0 Å². The van der Waals surface area contributed by atoms with Crippen LogP contribution in [0.4, 0.5) is 5.82 Å². The van der Waals surface area contributed by atoms with Crippen LogP contribution in [-0.4, -0.2) is 31.3 Å². The minimum absolute atomic E-state index is 0.0805. The summed E-state index contributed by atoms with van der Waals surface area (Å²) in [5.74, 6) is 0.880. The van der Waals surface area contributed by atoms with Crippen LogP contribution in [0.2, 0.25) is 0 Å². The van der Waals surface area contributed by atoms with Crippen LogP contribution in [0.3, 0.4) is 0 Å². The van der Waals surface area contributed by atoms with E-state index in [1.54, 1.807) is 6.07 Å². The van der Waals surface area contributed by atoms with Gasteiger partial charge in [-0.1, -0.05) is 0 Å². The highest BCUT2D eigenvalue weighted by Crippen LogP contribution is 2.06. The van der Waals surface area contributed by atoms with Crippen LogP contribution in [0.1, 0.15) is 0 Å². The van der Waals surface area contributed by atoms with E-state index in [0.29, 0.717) is 4.48 Å². The molecule has 10 heavy (non-hydrogen) atoms. The second kappa shape index (κ2) is 1.98. The number of quaternary nitrogens is 1. The molecule has 1 heterocycles. The normalized spacial score (nSPS) is 11.9. The van der Waals surface area contributed by atoms with Crippen molar-refractivity contribution in [2.75, 3.05) is 21.1 Å². The number of hydrogen-bond acceptors (Lipinski definition) is 1. The molecule has 0 bridgehead atoms. The maximum atomic E-state index is 10.6. The Labute approximate surface area is 59.1 Å². The molecule has 56 valence electrons. The molecule has 0 spiro atoms. The highest BCUT2D eigenvalue weighted by Gasteiger charge is 2.13. The van der Waals surface area contributed by atoms with Gasteiger partial charge in [-0.15, -0.1) is 0 Å². The van der Waals surface area contributed by atoms with Gasteiger partial charge in [0.05, 0.1) is 27.2 Å². The second-order valence-corrected chi connectivity index (χ2v) is 3.16. The smallest absolute Gasteiger partial charge is 0.270 e. The van der Waals surface area contributed by atoms with Crippen molar-refractivity contribution in [2.24, 2.45) is 0 Å². The van der Waals surface area contributed by atoms with Gasteiger partial charge in [0.1, 0.15) is 0 Å². The van der Waals surface area contributed by atoms with Crippen LogP contribution in [0.5, 0.6) is 0 Å². The van der Waals surface area contributed by atoms with Crippen LogP contribution in [0.25, 0.3) is 0 Å². The zero-order valence-electron chi connectivity index (χ0n) is 6.43. The van der Waals surface area contributed by atoms with E-state index in [0.717, 1.165) is 5.82 Å². The van der Waals surface area contributed by atoms with Crippen LogP contribution in [0.15, 0.2) is 10.9 Å². The second-order valence-electron chi connectivity index (χ2n) is 3.16. The first-order valence-corrected chi connectivity index (χ1v) is 3.10. The minimum Gasteiger partial charge on any atom is -0.282 e. The lowest BCUT2D eigenvalue weighted by atomic mass is 10.5. The molecule has 0 saturated heterocycles. The molecule has 4 nitrogen and oxygen atoms in total. The maximum Gasteiger partial charge on any atom is 0.270 e. The Morgan fingerprint density at radius 3 is 2.10 bits per heavy atom. The standard InChI is InChI=1S/C6H11N3O/c1-9(2,3)5-4-6(10)8-7-5/h4H,1-3H3,(H-,7,8,10)/p+1. The minimum atomic E-state index is -0.0805. The average molecular weight is 142 g/mol. The van der Waals surface area contributed by atoms with Gasteiger partial charge in [0.25, 0.3) is 5.56 Å². The van der Waals surface area contributed by atoms with E-state index in [2.05, 4.69) is 10.2 Å². The van der Waals surface area contributed by atoms with Gasteiger partial charge in [-0.3, -0.25) is 19.5 Å². The Morgan fingerprint density at radius 2 is 1.90 bits per heavy atom. The van der Waals surface area contributed by atoms with Crippen molar-refractivity contribution >= 4 is 5.82 Å². The van der Waals surface area contributed by atoms with Crippen LogP contribution in [0, 0.1) is 0 Å². The Balaban J connectivity index is 3.07. The van der Waals surface area contributed by atoms with Gasteiger partial charge < -0.3 is 0 Å². The fourth-order valence-electron chi connectivity index (χ4n) is 0.683. The Kier molecular flexibility index (Phi) is 1.40. The molecule has 0 aliphatic rings. The van der Waals surface area contributed by atoms with Gasteiger partial charge in [0, 0.05) is 0 Å². The first-order valence-electron chi connectivity index (χ1n) is 3.10. The summed E-state index contributed by atoms with van der Waals surface area (Å²) in [6.07, 6.45) is 0. The lowest BCUT2D eigenvalue weighted by Crippen LogP contribution is -2.35. The SMILES string of the molecule is C[N+](C)(C)c1cc(=O)[nH][nH]1. The number of H-pyrrole nitrogens is 2. The van der Waals surface area contributed by atoms with Gasteiger partial charge in [-0.2, -0.15) is 0 Å². The quantitative estimate of drug-likeness (QED) is 0.528. The average Bonchev–Trinajstić information content (AvgIpc) is 2.11. The number of hydrogen-bond donors (Lipinski definition) is 2. The number of nitrogens with zero attached hydrogens (tertiary/aromatic N) is 1. The fourth-order valence-corrected chi connectivity index (χ4v) is 0.683. The predicted octanol–water partition coefficient (Wildman–Crippen LogP) is -0.100. The summed E-state index contributed by atoms with van der Waals surface area (Å²) >= 11 is 0. The van der Waals surface area contributed by atoms with Crippen molar-refractivity contribution in [3.8, 4) is 0 Å². The zero-order chi connectivity index (χ0) is 7.78. The van der Waals surface area contributed by atoms with Crippen molar-refractivity contribution in [2.45, 2.75) is 0 Å². The summed E-state index contributed by atoms with van der Waals surface area (Å²) in [7, 11) is 5.96. The molecule has 1 aromatic rings. The Morgan fingerprint density at radius 1 is 1.30 bits per heavy atom. The summed E-state index contributed by atoms with van der Waals surface area (Å²) in [6, 6.07) is 1.56. The Bertz CT molecular complexity index is 265. The molecule has 1 rings (SSSR count). The highest BCUT2D eigenvalue weighted by molar-refractivity contribution is 5.28. The molecule has 0 atom stereocenters. The van der Waals surface area contributed by atoms with Crippen LogP contribution in [-0.2, 0) is 0 Å². The molecule has 2 N–H and O–H groups in total. The van der Waals surface area contributed by atoms with Crippen molar-refractivity contribution in [3.05, 3.63) is 16.4 Å². The van der Waals surface area contributed by atoms with Gasteiger partial charge in [0.2, 0.25) is 5.82 Å². The molecule has 0 amide bonds. The number of rotatable bonds is 1. The molecule has 0 aromatic carbocycles. The summed E-state index contributed by atoms with van der Waals surface area (Å²) < 4.78 is 0.624. The number of nitrogens with one attached hydrogen (secondary N) is 2. The maximum absolute atomic E-state index is 10.6. The molecule has 0 radical (unpaired) electrons. The molecular weight excluding hydrogens is 130 g/mol. The van der Waals surface area contributed by atoms with Crippen molar-refractivity contribution < 1.29 is 0 Å². The van der Waals surface area contributed by atoms with Crippen LogP contribution >= 0.6 is 0 Å². The van der Waals surface area contributed by atoms with Gasteiger partial charge in [-0.25, -0.2) is 0 Å². The first kappa shape index (κ1) is 7.08. The topological polar surface area (TPSA) is 48.6 Å². The zero-order valence-corrected chi connectivity index (χ0v) is 6.43. The molecule has 1 aromatic heterocycles. The molecule has 0 aliphatic carbocycles. The first-order chi connectivity index (χ1) is 4.50. The predicted molar refractivity (Wildman–Crippen MR) is 41.0 cm³/mol. The monoisotopic (exact) mass is 142 g/mol. The van der Waals surface area contributed by atoms with Gasteiger partial charge in [-0.05, 0) is 0 Å². The van der Waals surface area contributed by atoms with E-state index < -0.39 is 0 Å². The van der Waals surface area contributed by atoms with E-state index in [9.17, 15) is 4.79 Å². The van der Waals surface area contributed by atoms with Crippen molar-refractivity contribution in [1.29, 1.82) is 0 Å². The lowest BCUT2D eigenvalue weighted by Gasteiger charge is -2.19. The van der Waals surface area contributed by atoms with E-state index >= 15 is 0 Å². The summed E-state index contributed by atoms with van der Waals surface area (Å²) in [5, 5.41) is 5.26. The highest BCUT2D eigenvalue weighted by atomic mass is 16.1. The number of aromatic nitrogens is 2. The van der Waals surface area contributed by atoms with Crippen molar-refractivity contribution in [1.82, 2.24) is 14.7 Å². The molecule has 0 unspecified atom stereocenters. The molecular formula is C6H12N3O+. The molecule has 0 saturated carbocycles. The Hall–Kier alpha value is -1.03. The molecule has 0 fully saturated rings. The van der Waals surface area contributed by atoms with Gasteiger partial charge in [0.15, 0.2) is 0 Å². The van der Waals surface area contributed by atoms with Crippen LogP contribution < -0.4 is 10.0 Å². The van der Waals surface area contributed by atoms with E-state index in [1.807, 2.05) is 21.1 Å². The third-order valence-corrected chi connectivity index (χ3v) is 1.30. The number of aromatic amines is 2. The van der Waals surface area contributed by atoms with E-state index in [-0.39, 0.29) is 5.56 Å². The molecule has 4 heteroatoms. The fraction of sp³-hybridized carbons (Fsp3) is 0.500. The van der Waals surface area contributed by atoms with E-state index in [1.165, 1.54) is 0 Å². The largest absolute Gasteiger partial charge is 0.282 e. The van der Waals surface area contributed by atoms with Gasteiger partial charge >= 0.3 is 0 Å².